The number of benzene rings is 1. The van der Waals surface area contributed by atoms with E-state index in [1.54, 1.807) is 0 Å². The predicted octanol–water partition coefficient (Wildman–Crippen LogP) is 2.02. The molecule has 1 aliphatic rings. The van der Waals surface area contributed by atoms with Gasteiger partial charge in [-0.2, -0.15) is 0 Å². The molecule has 3 heteroatoms. The van der Waals surface area contributed by atoms with Gasteiger partial charge in [0.05, 0.1) is 13.2 Å². The molecule has 3 N–H and O–H groups in total. The Kier molecular flexibility index (Phi) is 5.17. The molecular formula is C15H24N2O. The molecule has 0 aromatic heterocycles. The second kappa shape index (κ2) is 6.88. The number of nitrogens with two attached hydrogens (primary N) is 1. The lowest BCUT2D eigenvalue weighted by Crippen LogP contribution is -2.42. The van der Waals surface area contributed by atoms with Crippen molar-refractivity contribution in [3.8, 4) is 0 Å². The second-order valence-electron chi connectivity index (χ2n) is 5.06. The molecule has 0 aliphatic carbocycles. The van der Waals surface area contributed by atoms with Crippen LogP contribution < -0.4 is 11.1 Å². The Morgan fingerprint density at radius 1 is 1.39 bits per heavy atom. The number of hydrogen-bond acceptors (Lipinski definition) is 3. The van der Waals surface area contributed by atoms with Crippen molar-refractivity contribution in [2.24, 2.45) is 5.73 Å². The van der Waals surface area contributed by atoms with Crippen LogP contribution in [0.4, 0.5) is 0 Å². The molecule has 0 bridgehead atoms. The number of morpholine rings is 1. The van der Waals surface area contributed by atoms with Gasteiger partial charge in [-0.05, 0) is 24.0 Å². The highest BCUT2D eigenvalue weighted by Gasteiger charge is 2.17. The summed E-state index contributed by atoms with van der Waals surface area (Å²) >= 11 is 0. The highest BCUT2D eigenvalue weighted by Crippen LogP contribution is 2.18. The van der Waals surface area contributed by atoms with Crippen LogP contribution in [0.1, 0.15) is 36.9 Å². The topological polar surface area (TPSA) is 47.3 Å². The maximum absolute atomic E-state index is 6.25. The minimum absolute atomic E-state index is 0.0971. The van der Waals surface area contributed by atoms with E-state index in [4.69, 9.17) is 10.5 Å². The first-order valence-corrected chi connectivity index (χ1v) is 6.95. The van der Waals surface area contributed by atoms with Crippen molar-refractivity contribution < 1.29 is 4.74 Å². The zero-order chi connectivity index (χ0) is 12.8. The largest absolute Gasteiger partial charge is 0.379 e. The van der Waals surface area contributed by atoms with E-state index in [0.717, 1.165) is 32.6 Å². The van der Waals surface area contributed by atoms with Gasteiger partial charge >= 0.3 is 0 Å². The summed E-state index contributed by atoms with van der Waals surface area (Å²) in [5.41, 5.74) is 8.87. The van der Waals surface area contributed by atoms with E-state index in [2.05, 4.69) is 36.5 Å². The predicted molar refractivity (Wildman–Crippen MR) is 74.6 cm³/mol. The lowest BCUT2D eigenvalue weighted by atomic mass is 9.98. The highest BCUT2D eigenvalue weighted by molar-refractivity contribution is 5.25. The Hall–Kier alpha value is -0.900. The Balaban J connectivity index is 1.89. The summed E-state index contributed by atoms with van der Waals surface area (Å²) < 4.78 is 5.45. The second-order valence-corrected chi connectivity index (χ2v) is 5.06. The van der Waals surface area contributed by atoms with E-state index in [0.29, 0.717) is 6.04 Å². The number of hydrogen-bond donors (Lipinski definition) is 2. The first kappa shape index (κ1) is 13.5. The lowest BCUT2D eigenvalue weighted by molar-refractivity contribution is 0.0720. The molecule has 0 saturated carbocycles. The van der Waals surface area contributed by atoms with Gasteiger partial charge in [0.15, 0.2) is 0 Å². The molecule has 0 amide bonds. The summed E-state index contributed by atoms with van der Waals surface area (Å²) in [5, 5.41) is 3.45. The van der Waals surface area contributed by atoms with Crippen LogP contribution in [0.2, 0.25) is 0 Å². The Labute approximate surface area is 110 Å². The minimum atomic E-state index is 0.0971. The Bertz CT molecular complexity index is 344. The Morgan fingerprint density at radius 3 is 2.78 bits per heavy atom. The molecular weight excluding hydrogens is 224 g/mol. The third kappa shape index (κ3) is 3.80. The van der Waals surface area contributed by atoms with E-state index in [1.807, 2.05) is 0 Å². The quantitative estimate of drug-likeness (QED) is 0.838. The van der Waals surface area contributed by atoms with Gasteiger partial charge in [0.1, 0.15) is 0 Å². The molecule has 2 unspecified atom stereocenters. The van der Waals surface area contributed by atoms with Crippen LogP contribution in [0.5, 0.6) is 0 Å². The molecule has 100 valence electrons. The molecule has 2 atom stereocenters. The fraction of sp³-hybridized carbons (Fsp3) is 0.600. The van der Waals surface area contributed by atoms with Gasteiger partial charge in [-0.15, -0.1) is 0 Å². The Morgan fingerprint density at radius 2 is 2.17 bits per heavy atom. The van der Waals surface area contributed by atoms with Crippen molar-refractivity contribution in [2.75, 3.05) is 19.8 Å². The normalized spacial score (nSPS) is 21.8. The van der Waals surface area contributed by atoms with Crippen molar-refractivity contribution in [1.82, 2.24) is 5.32 Å². The SMILES string of the molecule is CCCc1ccc(C(N)CC2COCCN2)cc1. The molecule has 1 aromatic rings. The van der Waals surface area contributed by atoms with Crippen LogP contribution >= 0.6 is 0 Å². The first-order valence-electron chi connectivity index (χ1n) is 6.95. The van der Waals surface area contributed by atoms with Gasteiger partial charge in [0.2, 0.25) is 0 Å². The fourth-order valence-corrected chi connectivity index (χ4v) is 2.43. The molecule has 2 rings (SSSR count). The van der Waals surface area contributed by atoms with Crippen molar-refractivity contribution in [2.45, 2.75) is 38.3 Å². The highest BCUT2D eigenvalue weighted by atomic mass is 16.5. The summed E-state index contributed by atoms with van der Waals surface area (Å²) in [5.74, 6) is 0. The fourth-order valence-electron chi connectivity index (χ4n) is 2.43. The molecule has 1 aromatic carbocycles. The van der Waals surface area contributed by atoms with E-state index in [-0.39, 0.29) is 6.04 Å². The van der Waals surface area contributed by atoms with E-state index < -0.39 is 0 Å². The van der Waals surface area contributed by atoms with E-state index in [9.17, 15) is 0 Å². The lowest BCUT2D eigenvalue weighted by Gasteiger charge is -2.26. The van der Waals surface area contributed by atoms with Gasteiger partial charge < -0.3 is 15.8 Å². The van der Waals surface area contributed by atoms with Crippen molar-refractivity contribution in [3.63, 3.8) is 0 Å². The van der Waals surface area contributed by atoms with Crippen LogP contribution in [0, 0.1) is 0 Å². The summed E-state index contributed by atoms with van der Waals surface area (Å²) in [6.45, 7) is 4.74. The summed E-state index contributed by atoms with van der Waals surface area (Å²) in [4.78, 5) is 0. The summed E-state index contributed by atoms with van der Waals surface area (Å²) in [6.07, 6.45) is 3.27. The number of ether oxygens (including phenoxy) is 1. The zero-order valence-corrected chi connectivity index (χ0v) is 11.2. The zero-order valence-electron chi connectivity index (χ0n) is 11.2. The van der Waals surface area contributed by atoms with Crippen LogP contribution in [-0.4, -0.2) is 25.8 Å². The molecule has 1 heterocycles. The van der Waals surface area contributed by atoms with Gasteiger partial charge in [-0.1, -0.05) is 37.6 Å². The monoisotopic (exact) mass is 248 g/mol. The van der Waals surface area contributed by atoms with Crippen molar-refractivity contribution in [1.29, 1.82) is 0 Å². The van der Waals surface area contributed by atoms with Crippen molar-refractivity contribution >= 4 is 0 Å². The smallest absolute Gasteiger partial charge is 0.0620 e. The number of nitrogens with one attached hydrogen (secondary N) is 1. The average molecular weight is 248 g/mol. The molecule has 18 heavy (non-hydrogen) atoms. The van der Waals surface area contributed by atoms with E-state index >= 15 is 0 Å². The molecule has 3 nitrogen and oxygen atoms in total. The summed E-state index contributed by atoms with van der Waals surface area (Å²) in [6, 6.07) is 9.22. The molecule has 1 fully saturated rings. The summed E-state index contributed by atoms with van der Waals surface area (Å²) in [7, 11) is 0. The van der Waals surface area contributed by atoms with E-state index in [1.165, 1.54) is 17.5 Å². The first-order chi connectivity index (χ1) is 8.79. The number of rotatable bonds is 5. The van der Waals surface area contributed by atoms with Crippen LogP contribution in [-0.2, 0) is 11.2 Å². The third-order valence-electron chi connectivity index (χ3n) is 3.48. The standard InChI is InChI=1S/C15H24N2O/c1-2-3-12-4-6-13(7-5-12)15(16)10-14-11-18-9-8-17-14/h4-7,14-15,17H,2-3,8-11,16H2,1H3. The maximum Gasteiger partial charge on any atom is 0.0620 e. The minimum Gasteiger partial charge on any atom is -0.379 e. The van der Waals surface area contributed by atoms with Crippen LogP contribution in [0.15, 0.2) is 24.3 Å². The van der Waals surface area contributed by atoms with Gasteiger partial charge in [0, 0.05) is 18.6 Å². The van der Waals surface area contributed by atoms with Gasteiger partial charge in [0.25, 0.3) is 0 Å². The third-order valence-corrected chi connectivity index (χ3v) is 3.48. The van der Waals surface area contributed by atoms with Crippen LogP contribution in [0.25, 0.3) is 0 Å². The van der Waals surface area contributed by atoms with Crippen molar-refractivity contribution in [3.05, 3.63) is 35.4 Å². The maximum atomic E-state index is 6.25. The average Bonchev–Trinajstić information content (AvgIpc) is 2.41. The molecule has 0 spiro atoms. The molecule has 1 aliphatic heterocycles. The number of aryl methyl sites for hydroxylation is 1. The molecule has 1 saturated heterocycles. The van der Waals surface area contributed by atoms with Gasteiger partial charge in [-0.3, -0.25) is 0 Å². The molecule has 0 radical (unpaired) electrons. The van der Waals surface area contributed by atoms with Gasteiger partial charge in [-0.25, -0.2) is 0 Å². The van der Waals surface area contributed by atoms with Crippen LogP contribution in [0.3, 0.4) is 0 Å².